The van der Waals surface area contributed by atoms with E-state index in [0.29, 0.717) is 5.75 Å². The molecule has 0 aliphatic rings. The Morgan fingerprint density at radius 1 is 1.47 bits per heavy atom. The standard InChI is InChI=1S/C11H15NO3/c1-12(2)7-9-5-4-8(11(13)14)6-10(9)15-3/h4-6H,7H2,1-3H3,(H,13,14). The molecular formula is C11H15NO3. The zero-order valence-corrected chi connectivity index (χ0v) is 9.15. The second-order valence-electron chi connectivity index (χ2n) is 3.57. The lowest BCUT2D eigenvalue weighted by molar-refractivity contribution is 0.0696. The molecular weight excluding hydrogens is 194 g/mol. The minimum atomic E-state index is -0.940. The molecule has 0 aliphatic heterocycles. The van der Waals surface area contributed by atoms with Gasteiger partial charge in [-0.3, -0.25) is 0 Å². The summed E-state index contributed by atoms with van der Waals surface area (Å²) in [5.41, 5.74) is 1.22. The van der Waals surface area contributed by atoms with Gasteiger partial charge in [0.1, 0.15) is 5.75 Å². The van der Waals surface area contributed by atoms with Gasteiger partial charge >= 0.3 is 5.97 Å². The number of carboxylic acids is 1. The molecule has 0 spiro atoms. The molecule has 1 aromatic rings. The molecule has 0 aliphatic carbocycles. The molecule has 0 amide bonds. The van der Waals surface area contributed by atoms with E-state index in [0.717, 1.165) is 12.1 Å². The number of carbonyl (C=O) groups is 1. The Kier molecular flexibility index (Phi) is 3.68. The quantitative estimate of drug-likeness (QED) is 0.815. The molecule has 4 nitrogen and oxygen atoms in total. The number of ether oxygens (including phenoxy) is 1. The Morgan fingerprint density at radius 2 is 2.13 bits per heavy atom. The Hall–Kier alpha value is -1.55. The molecule has 1 N–H and O–H groups in total. The van der Waals surface area contributed by atoms with Gasteiger partial charge in [0.2, 0.25) is 0 Å². The van der Waals surface area contributed by atoms with E-state index in [4.69, 9.17) is 9.84 Å². The Morgan fingerprint density at radius 3 is 2.60 bits per heavy atom. The number of hydrogen-bond donors (Lipinski definition) is 1. The van der Waals surface area contributed by atoms with Gasteiger partial charge in [0.25, 0.3) is 0 Å². The van der Waals surface area contributed by atoms with Crippen molar-refractivity contribution in [1.29, 1.82) is 0 Å². The predicted molar refractivity (Wildman–Crippen MR) is 57.3 cm³/mol. The molecule has 15 heavy (non-hydrogen) atoms. The summed E-state index contributed by atoms with van der Waals surface area (Å²) < 4.78 is 5.15. The van der Waals surface area contributed by atoms with Gasteiger partial charge < -0.3 is 14.7 Å². The highest BCUT2D eigenvalue weighted by atomic mass is 16.5. The molecule has 0 bridgehead atoms. The summed E-state index contributed by atoms with van der Waals surface area (Å²) in [6, 6.07) is 4.91. The van der Waals surface area contributed by atoms with Crippen molar-refractivity contribution < 1.29 is 14.6 Å². The summed E-state index contributed by atoms with van der Waals surface area (Å²) in [4.78, 5) is 12.7. The van der Waals surface area contributed by atoms with Crippen LogP contribution in [0.2, 0.25) is 0 Å². The van der Waals surface area contributed by atoms with E-state index in [-0.39, 0.29) is 5.56 Å². The van der Waals surface area contributed by atoms with Crippen LogP contribution >= 0.6 is 0 Å². The fraction of sp³-hybridized carbons (Fsp3) is 0.364. The molecule has 0 fully saturated rings. The molecule has 0 saturated heterocycles. The number of nitrogens with zero attached hydrogens (tertiary/aromatic N) is 1. The van der Waals surface area contributed by atoms with E-state index in [2.05, 4.69) is 0 Å². The van der Waals surface area contributed by atoms with Gasteiger partial charge in [-0.1, -0.05) is 6.07 Å². The number of methoxy groups -OCH3 is 1. The van der Waals surface area contributed by atoms with Gasteiger partial charge in [-0.15, -0.1) is 0 Å². The lowest BCUT2D eigenvalue weighted by atomic mass is 10.1. The van der Waals surface area contributed by atoms with Crippen LogP contribution in [0.25, 0.3) is 0 Å². The van der Waals surface area contributed by atoms with Crippen LogP contribution < -0.4 is 4.74 Å². The first-order valence-electron chi connectivity index (χ1n) is 4.59. The maximum Gasteiger partial charge on any atom is 0.335 e. The van der Waals surface area contributed by atoms with Crippen molar-refractivity contribution in [3.05, 3.63) is 29.3 Å². The van der Waals surface area contributed by atoms with E-state index >= 15 is 0 Å². The molecule has 82 valence electrons. The van der Waals surface area contributed by atoms with Gasteiger partial charge in [-0.25, -0.2) is 4.79 Å². The molecule has 0 unspecified atom stereocenters. The van der Waals surface area contributed by atoms with Gasteiger partial charge in [-0.05, 0) is 26.2 Å². The summed E-state index contributed by atoms with van der Waals surface area (Å²) >= 11 is 0. The SMILES string of the molecule is COc1cc(C(=O)O)ccc1CN(C)C. The average molecular weight is 209 g/mol. The fourth-order valence-corrected chi connectivity index (χ4v) is 1.35. The highest BCUT2D eigenvalue weighted by molar-refractivity contribution is 5.88. The topological polar surface area (TPSA) is 49.8 Å². The van der Waals surface area contributed by atoms with Crippen LogP contribution in [0.4, 0.5) is 0 Å². The van der Waals surface area contributed by atoms with Crippen LogP contribution in [0.15, 0.2) is 18.2 Å². The highest BCUT2D eigenvalue weighted by Gasteiger charge is 2.09. The van der Waals surface area contributed by atoms with Crippen molar-refractivity contribution in [3.63, 3.8) is 0 Å². The first-order valence-corrected chi connectivity index (χ1v) is 4.59. The number of rotatable bonds is 4. The highest BCUT2D eigenvalue weighted by Crippen LogP contribution is 2.21. The molecule has 0 radical (unpaired) electrons. The van der Waals surface area contributed by atoms with Crippen molar-refractivity contribution in [2.24, 2.45) is 0 Å². The van der Waals surface area contributed by atoms with Gasteiger partial charge in [0.15, 0.2) is 0 Å². The summed E-state index contributed by atoms with van der Waals surface area (Å²) in [6.45, 7) is 0.725. The summed E-state index contributed by atoms with van der Waals surface area (Å²) in [6.07, 6.45) is 0. The first-order chi connectivity index (χ1) is 7.04. The molecule has 0 heterocycles. The third-order valence-electron chi connectivity index (χ3n) is 2.02. The largest absolute Gasteiger partial charge is 0.496 e. The Balaban J connectivity index is 3.03. The number of carboxylic acid groups (broad SMARTS) is 1. The molecule has 4 heteroatoms. The minimum absolute atomic E-state index is 0.245. The van der Waals surface area contributed by atoms with Crippen molar-refractivity contribution >= 4 is 5.97 Å². The molecule has 1 rings (SSSR count). The van der Waals surface area contributed by atoms with Gasteiger partial charge in [0.05, 0.1) is 12.7 Å². The van der Waals surface area contributed by atoms with E-state index in [1.54, 1.807) is 25.3 Å². The lowest BCUT2D eigenvalue weighted by Gasteiger charge is -2.13. The first kappa shape index (κ1) is 11.5. The van der Waals surface area contributed by atoms with E-state index < -0.39 is 5.97 Å². The monoisotopic (exact) mass is 209 g/mol. The summed E-state index contributed by atoms with van der Waals surface area (Å²) in [7, 11) is 5.44. The maximum atomic E-state index is 10.7. The zero-order chi connectivity index (χ0) is 11.4. The molecule has 1 aromatic carbocycles. The van der Waals surface area contributed by atoms with Crippen molar-refractivity contribution in [3.8, 4) is 5.75 Å². The lowest BCUT2D eigenvalue weighted by Crippen LogP contribution is -2.12. The Bertz CT molecular complexity index is 361. The smallest absolute Gasteiger partial charge is 0.335 e. The predicted octanol–water partition coefficient (Wildman–Crippen LogP) is 1.45. The van der Waals surface area contributed by atoms with Crippen LogP contribution in [0.3, 0.4) is 0 Å². The molecule has 0 saturated carbocycles. The molecule has 0 aromatic heterocycles. The van der Waals surface area contributed by atoms with Crippen molar-refractivity contribution in [1.82, 2.24) is 4.90 Å². The maximum absolute atomic E-state index is 10.7. The second-order valence-corrected chi connectivity index (χ2v) is 3.57. The van der Waals surface area contributed by atoms with Gasteiger partial charge in [-0.2, -0.15) is 0 Å². The summed E-state index contributed by atoms with van der Waals surface area (Å²) in [5, 5.41) is 8.81. The van der Waals surface area contributed by atoms with E-state index in [1.807, 2.05) is 19.0 Å². The Labute approximate surface area is 89.1 Å². The van der Waals surface area contributed by atoms with Crippen LogP contribution in [-0.2, 0) is 6.54 Å². The third-order valence-corrected chi connectivity index (χ3v) is 2.02. The average Bonchev–Trinajstić information content (AvgIpc) is 2.17. The van der Waals surface area contributed by atoms with Crippen molar-refractivity contribution in [2.75, 3.05) is 21.2 Å². The minimum Gasteiger partial charge on any atom is -0.496 e. The normalized spacial score (nSPS) is 10.4. The van der Waals surface area contributed by atoms with Crippen LogP contribution in [0, 0.1) is 0 Å². The van der Waals surface area contributed by atoms with Crippen molar-refractivity contribution in [2.45, 2.75) is 6.54 Å². The van der Waals surface area contributed by atoms with Crippen LogP contribution in [0.1, 0.15) is 15.9 Å². The number of hydrogen-bond acceptors (Lipinski definition) is 3. The number of aromatic carboxylic acids is 1. The zero-order valence-electron chi connectivity index (χ0n) is 9.15. The third kappa shape index (κ3) is 2.95. The van der Waals surface area contributed by atoms with Crippen LogP contribution in [-0.4, -0.2) is 37.2 Å². The number of benzene rings is 1. The second kappa shape index (κ2) is 4.79. The van der Waals surface area contributed by atoms with Gasteiger partial charge in [0, 0.05) is 12.1 Å². The van der Waals surface area contributed by atoms with E-state index in [1.165, 1.54) is 0 Å². The summed E-state index contributed by atoms with van der Waals surface area (Å²) in [5.74, 6) is -0.326. The van der Waals surface area contributed by atoms with E-state index in [9.17, 15) is 4.79 Å². The fourth-order valence-electron chi connectivity index (χ4n) is 1.35. The molecule has 0 atom stereocenters. The van der Waals surface area contributed by atoms with Crippen LogP contribution in [0.5, 0.6) is 5.75 Å².